The van der Waals surface area contributed by atoms with Gasteiger partial charge >= 0.3 is 12.1 Å². The molecule has 4 aromatic rings. The second-order valence-electron chi connectivity index (χ2n) is 14.9. The van der Waals surface area contributed by atoms with Gasteiger partial charge in [-0.15, -0.1) is 0 Å². The molecule has 0 saturated carbocycles. The fourth-order valence-corrected chi connectivity index (χ4v) is 7.35. The first-order valence-electron chi connectivity index (χ1n) is 19.7. The fraction of sp³-hybridized carbons (Fsp3) is 0.419. The summed E-state index contributed by atoms with van der Waals surface area (Å²) in [5, 5.41) is 16.4. The van der Waals surface area contributed by atoms with Gasteiger partial charge in [0.2, 0.25) is 17.4 Å². The largest absolute Gasteiger partial charge is 0.510 e. The van der Waals surface area contributed by atoms with Crippen molar-refractivity contribution in [3.05, 3.63) is 86.7 Å². The van der Waals surface area contributed by atoms with Gasteiger partial charge in [-0.25, -0.2) is 14.6 Å². The lowest BCUT2D eigenvalue weighted by molar-refractivity contribution is -0.175. The van der Waals surface area contributed by atoms with Crippen LogP contribution in [-0.2, 0) is 69.9 Å². The lowest BCUT2D eigenvalue weighted by Crippen LogP contribution is -2.47. The second kappa shape index (κ2) is 18.2. The number of carbonyl (C=O) groups is 5. The third kappa shape index (κ3) is 8.98. The average molecular weight is 812 g/mol. The van der Waals surface area contributed by atoms with Crippen molar-refractivity contribution in [1.29, 1.82) is 0 Å². The summed E-state index contributed by atoms with van der Waals surface area (Å²) in [6, 6.07) is 12.1. The number of aryl methyl sites for hydroxylation is 1. The zero-order valence-electron chi connectivity index (χ0n) is 33.6. The van der Waals surface area contributed by atoms with E-state index >= 15 is 0 Å². The van der Waals surface area contributed by atoms with E-state index in [0.29, 0.717) is 60.4 Å². The molecule has 1 unspecified atom stereocenters. The molecule has 0 saturated heterocycles. The number of hydrogen-bond acceptors (Lipinski definition) is 13. The molecule has 0 radical (unpaired) electrons. The van der Waals surface area contributed by atoms with Gasteiger partial charge < -0.3 is 45.0 Å². The van der Waals surface area contributed by atoms with Crippen molar-refractivity contribution >= 4 is 46.3 Å². The smallest absolute Gasteiger partial charge is 0.508 e. The van der Waals surface area contributed by atoms with Gasteiger partial charge in [-0.2, -0.15) is 0 Å². The number of nitrogens with zero attached hydrogens (tertiary/aromatic N) is 2. The van der Waals surface area contributed by atoms with Crippen molar-refractivity contribution in [2.75, 3.05) is 25.1 Å². The molecular formula is C43H49N5O11. The topological polar surface area (TPSA) is 227 Å². The number of cyclic esters (lactones) is 1. The Bertz CT molecular complexity index is 2340. The highest BCUT2D eigenvalue weighted by molar-refractivity contribution is 5.97. The minimum Gasteiger partial charge on any atom is -0.508 e. The Hall–Kier alpha value is -6.13. The van der Waals surface area contributed by atoms with Gasteiger partial charge in [0.1, 0.15) is 38.2 Å². The van der Waals surface area contributed by atoms with Gasteiger partial charge in [0, 0.05) is 28.1 Å². The van der Waals surface area contributed by atoms with Crippen LogP contribution >= 0.6 is 0 Å². The van der Waals surface area contributed by atoms with E-state index in [1.807, 2.05) is 6.92 Å². The van der Waals surface area contributed by atoms with Crippen LogP contribution in [0.1, 0.15) is 81.2 Å². The van der Waals surface area contributed by atoms with E-state index in [9.17, 15) is 33.9 Å². The van der Waals surface area contributed by atoms with Gasteiger partial charge in [0.15, 0.2) is 5.78 Å². The molecular weight excluding hydrogens is 762 g/mol. The summed E-state index contributed by atoms with van der Waals surface area (Å²) in [5.74, 6) is -2.10. The Kier molecular flexibility index (Phi) is 13.1. The molecule has 0 aliphatic carbocycles. The number of phenols is 1. The van der Waals surface area contributed by atoms with Gasteiger partial charge in [-0.05, 0) is 86.2 Å². The summed E-state index contributed by atoms with van der Waals surface area (Å²) in [6.07, 6.45) is 0.972. The van der Waals surface area contributed by atoms with E-state index in [0.717, 1.165) is 16.5 Å². The van der Waals surface area contributed by atoms with Crippen LogP contribution in [0.25, 0.3) is 22.3 Å². The quantitative estimate of drug-likeness (QED) is 0.0750. The lowest BCUT2D eigenvalue weighted by atomic mass is 9.85. The van der Waals surface area contributed by atoms with Crippen LogP contribution in [0.15, 0.2) is 53.3 Å². The number of benzene rings is 2. The summed E-state index contributed by atoms with van der Waals surface area (Å²) < 4.78 is 23.5. The van der Waals surface area contributed by atoms with E-state index in [1.165, 1.54) is 0 Å². The first-order chi connectivity index (χ1) is 28.3. The van der Waals surface area contributed by atoms with Crippen LogP contribution in [0, 0.1) is 5.92 Å². The van der Waals surface area contributed by atoms with Gasteiger partial charge in [0.05, 0.1) is 29.0 Å². The molecule has 2 aromatic heterocycles. The number of pyridine rings is 2. The summed E-state index contributed by atoms with van der Waals surface area (Å²) in [4.78, 5) is 83.2. The van der Waals surface area contributed by atoms with Crippen molar-refractivity contribution in [3.63, 3.8) is 0 Å². The van der Waals surface area contributed by atoms with Gasteiger partial charge in [0.25, 0.3) is 5.56 Å². The number of Topliss-reactive ketones (excluding diaryl/α,β-unsaturated/α-hetero) is 1. The summed E-state index contributed by atoms with van der Waals surface area (Å²) in [7, 11) is 0. The van der Waals surface area contributed by atoms with Gasteiger partial charge in [-0.3, -0.25) is 19.2 Å². The minimum atomic E-state index is -1.97. The van der Waals surface area contributed by atoms with Crippen LogP contribution in [0.5, 0.6) is 5.75 Å². The lowest BCUT2D eigenvalue weighted by Gasteiger charge is -2.35. The number of hydrogen-bond donors (Lipinski definition) is 4. The number of phenolic OH excluding ortho intramolecular Hbond substituents is 1. The highest BCUT2D eigenvalue weighted by Crippen LogP contribution is 2.42. The minimum absolute atomic E-state index is 0.0543. The highest BCUT2D eigenvalue weighted by atomic mass is 16.7. The zero-order valence-corrected chi connectivity index (χ0v) is 33.6. The molecule has 16 nitrogen and oxygen atoms in total. The number of aromatic hydroxyl groups is 1. The number of nitrogens with one attached hydrogen (secondary N) is 2. The molecule has 59 heavy (non-hydrogen) atoms. The molecule has 2 aromatic carbocycles. The molecule has 16 heteroatoms. The maximum atomic E-state index is 14.0. The average Bonchev–Trinajstić information content (AvgIpc) is 3.58. The summed E-state index contributed by atoms with van der Waals surface area (Å²) in [5.41, 5.74) is 8.03. The van der Waals surface area contributed by atoms with Crippen molar-refractivity contribution in [2.24, 2.45) is 11.7 Å². The molecule has 312 valence electrons. The first kappa shape index (κ1) is 42.5. The Morgan fingerprint density at radius 2 is 1.78 bits per heavy atom. The third-order valence-electron chi connectivity index (χ3n) is 10.7. The molecule has 6 rings (SSSR count). The highest BCUT2D eigenvalue weighted by Gasteiger charge is 2.51. The molecule has 0 spiro atoms. The predicted octanol–water partition coefficient (Wildman–Crippen LogP) is 4.50. The molecule has 5 N–H and O–H groups in total. The molecule has 0 fully saturated rings. The molecule has 2 aliphatic heterocycles. The van der Waals surface area contributed by atoms with E-state index in [-0.39, 0.29) is 68.0 Å². The monoisotopic (exact) mass is 811 g/mol. The number of aromatic nitrogens is 2. The number of fused-ring (bicyclic) bond motifs is 5. The Labute approximate surface area is 340 Å². The van der Waals surface area contributed by atoms with Crippen LogP contribution in [0.2, 0.25) is 0 Å². The van der Waals surface area contributed by atoms with Crippen molar-refractivity contribution in [1.82, 2.24) is 14.9 Å². The van der Waals surface area contributed by atoms with Crippen molar-refractivity contribution in [3.8, 4) is 17.1 Å². The van der Waals surface area contributed by atoms with Crippen molar-refractivity contribution < 1.29 is 48.0 Å². The number of unbranched alkanes of at least 4 members (excludes halogenated alkanes) is 1. The van der Waals surface area contributed by atoms with Crippen LogP contribution in [0.3, 0.4) is 0 Å². The van der Waals surface area contributed by atoms with Crippen molar-refractivity contribution in [2.45, 2.75) is 91.2 Å². The summed E-state index contributed by atoms with van der Waals surface area (Å²) in [6.45, 7) is 6.64. The molecule has 2 amide bonds. The number of esters is 1. The van der Waals surface area contributed by atoms with Crippen LogP contribution < -0.4 is 21.9 Å². The Morgan fingerprint density at radius 1 is 1.02 bits per heavy atom. The number of amides is 2. The molecule has 2 aliphatic rings. The molecule has 0 bridgehead atoms. The summed E-state index contributed by atoms with van der Waals surface area (Å²) >= 11 is 0. The molecule has 2 atom stereocenters. The van der Waals surface area contributed by atoms with E-state index < -0.39 is 41.1 Å². The SMILES string of the molecule is CCc1c2c(nc3ccc(O)cc13)-c1cc3c(c(=O)n1C2)COC(=O)[C@@]3(CC)OC(=O)OCc1ccc(NC(=O)C(CCCCN)NC(=O)COCC(=O)C(C)C)cc1. The number of ketones is 1. The molecule has 4 heterocycles. The first-order valence-corrected chi connectivity index (χ1v) is 19.7. The third-order valence-corrected chi connectivity index (χ3v) is 10.7. The zero-order chi connectivity index (χ0) is 42.4. The number of ether oxygens (including phenoxy) is 4. The Balaban J connectivity index is 1.13. The predicted molar refractivity (Wildman–Crippen MR) is 215 cm³/mol. The maximum Gasteiger partial charge on any atom is 0.510 e. The van der Waals surface area contributed by atoms with Crippen LogP contribution in [-0.4, -0.2) is 70.2 Å². The standard InChI is InChI=1S/C43H49N5O11/c1-5-28-29-17-27(49)14-15-33(29)47-38-30(28)19-48-35(38)18-32-31(40(48)53)21-57-41(54)43(32,6-2)59-42(55)58-20-25-10-12-26(13-11-25)45-39(52)34(9-7-8-16-44)46-37(51)23-56-22-36(50)24(3)4/h10-15,17-18,24,34,49H,5-9,16,19-23,44H2,1-4H3,(H,45,52)(H,46,51)/t34?,43-/m0/s1. The number of carbonyl (C=O) groups excluding carboxylic acids is 5. The second-order valence-corrected chi connectivity index (χ2v) is 14.9. The normalized spacial score (nSPS) is 15.8. The Morgan fingerprint density at radius 3 is 2.47 bits per heavy atom. The fourth-order valence-electron chi connectivity index (χ4n) is 7.35. The maximum absolute atomic E-state index is 14.0. The van der Waals surface area contributed by atoms with E-state index in [1.54, 1.807) is 73.9 Å². The number of rotatable bonds is 17. The number of nitrogens with two attached hydrogens (primary N) is 1. The van der Waals surface area contributed by atoms with Gasteiger partial charge in [-0.1, -0.05) is 39.8 Å². The number of anilines is 1. The van der Waals surface area contributed by atoms with E-state index in [4.69, 9.17) is 29.7 Å². The van der Waals surface area contributed by atoms with Crippen LogP contribution in [0.4, 0.5) is 10.5 Å². The van der Waals surface area contributed by atoms with E-state index in [2.05, 4.69) is 10.6 Å².